The maximum Gasteiger partial charge on any atom is 0.343 e. The monoisotopic (exact) mass is 276 g/mol. The highest BCUT2D eigenvalue weighted by atomic mass is 32.2. The average molecular weight is 276 g/mol. The standard InChI is InChI=1S/C12H12N4O2S/c1-7-4-13-10-9(7)11(15-6-14-10)16-2-3-19-8(5-16)12(17)18/h4-6H,2-3H2,1H3,(H,17,18)(H,13,14,15). The van der Waals surface area contributed by atoms with Gasteiger partial charge in [0, 0.05) is 24.7 Å². The predicted octanol–water partition coefficient (Wildman–Crippen LogP) is 1.75. The minimum Gasteiger partial charge on any atom is -0.477 e. The molecule has 0 spiro atoms. The zero-order valence-electron chi connectivity index (χ0n) is 10.3. The normalized spacial score (nSPS) is 15.6. The van der Waals surface area contributed by atoms with E-state index in [4.69, 9.17) is 5.11 Å². The van der Waals surface area contributed by atoms with Gasteiger partial charge < -0.3 is 15.0 Å². The summed E-state index contributed by atoms with van der Waals surface area (Å²) < 4.78 is 0. The number of nitrogens with one attached hydrogen (secondary N) is 1. The van der Waals surface area contributed by atoms with Crippen molar-refractivity contribution in [1.82, 2.24) is 15.0 Å². The maximum atomic E-state index is 11.1. The number of carbonyl (C=O) groups is 1. The molecule has 6 nitrogen and oxygen atoms in total. The lowest BCUT2D eigenvalue weighted by atomic mass is 10.2. The number of hydrogen-bond donors (Lipinski definition) is 2. The molecule has 3 heterocycles. The molecule has 0 radical (unpaired) electrons. The fourth-order valence-corrected chi connectivity index (χ4v) is 2.93. The molecule has 0 fully saturated rings. The van der Waals surface area contributed by atoms with Gasteiger partial charge in [-0.2, -0.15) is 0 Å². The summed E-state index contributed by atoms with van der Waals surface area (Å²) in [5.74, 6) is 0.584. The van der Waals surface area contributed by atoms with E-state index < -0.39 is 5.97 Å². The third kappa shape index (κ3) is 2.06. The Hall–Kier alpha value is -2.02. The van der Waals surface area contributed by atoms with Crippen LogP contribution in [-0.4, -0.2) is 38.3 Å². The highest BCUT2D eigenvalue weighted by Crippen LogP contribution is 2.30. The number of carboxylic acid groups (broad SMARTS) is 1. The number of aliphatic carboxylic acids is 1. The fraction of sp³-hybridized carbons (Fsp3) is 0.250. The molecule has 0 aliphatic carbocycles. The molecule has 19 heavy (non-hydrogen) atoms. The molecule has 0 amide bonds. The third-order valence-corrected chi connectivity index (χ3v) is 3.97. The van der Waals surface area contributed by atoms with Crippen LogP contribution in [-0.2, 0) is 4.79 Å². The number of aryl methyl sites for hydroxylation is 1. The van der Waals surface area contributed by atoms with Gasteiger partial charge in [0.15, 0.2) is 0 Å². The van der Waals surface area contributed by atoms with Crippen LogP contribution in [0.5, 0.6) is 0 Å². The number of aromatic amines is 1. The zero-order chi connectivity index (χ0) is 13.4. The molecular weight excluding hydrogens is 264 g/mol. The van der Waals surface area contributed by atoms with E-state index in [0.29, 0.717) is 4.91 Å². The van der Waals surface area contributed by atoms with Gasteiger partial charge in [0.1, 0.15) is 22.7 Å². The maximum absolute atomic E-state index is 11.1. The molecular formula is C12H12N4O2S. The summed E-state index contributed by atoms with van der Waals surface area (Å²) in [5.41, 5.74) is 1.82. The van der Waals surface area contributed by atoms with Crippen molar-refractivity contribution in [3.8, 4) is 0 Å². The molecule has 3 rings (SSSR count). The summed E-state index contributed by atoms with van der Waals surface area (Å²) in [6.45, 7) is 2.71. The summed E-state index contributed by atoms with van der Waals surface area (Å²) >= 11 is 1.35. The lowest BCUT2D eigenvalue weighted by Crippen LogP contribution is -2.26. The van der Waals surface area contributed by atoms with Crippen LogP contribution in [0.3, 0.4) is 0 Å². The van der Waals surface area contributed by atoms with Crippen LogP contribution in [0.2, 0.25) is 0 Å². The van der Waals surface area contributed by atoms with Crippen molar-refractivity contribution < 1.29 is 9.90 Å². The van der Waals surface area contributed by atoms with Crippen molar-refractivity contribution in [3.63, 3.8) is 0 Å². The summed E-state index contributed by atoms with van der Waals surface area (Å²) in [6.07, 6.45) is 5.01. The van der Waals surface area contributed by atoms with Crippen LogP contribution in [0.25, 0.3) is 11.0 Å². The first-order valence-corrected chi connectivity index (χ1v) is 6.78. The fourth-order valence-electron chi connectivity index (χ4n) is 2.10. The lowest BCUT2D eigenvalue weighted by molar-refractivity contribution is -0.131. The summed E-state index contributed by atoms with van der Waals surface area (Å²) in [7, 11) is 0. The second-order valence-electron chi connectivity index (χ2n) is 4.23. The van der Waals surface area contributed by atoms with E-state index in [1.54, 1.807) is 6.20 Å². The average Bonchev–Trinajstić information content (AvgIpc) is 2.81. The quantitative estimate of drug-likeness (QED) is 0.869. The van der Waals surface area contributed by atoms with E-state index in [-0.39, 0.29) is 0 Å². The number of fused-ring (bicyclic) bond motifs is 1. The van der Waals surface area contributed by atoms with Gasteiger partial charge in [-0.25, -0.2) is 14.8 Å². The van der Waals surface area contributed by atoms with E-state index in [1.165, 1.54) is 18.1 Å². The molecule has 0 saturated carbocycles. The molecule has 2 aromatic rings. The van der Waals surface area contributed by atoms with Crippen LogP contribution >= 0.6 is 11.8 Å². The van der Waals surface area contributed by atoms with E-state index in [9.17, 15) is 4.79 Å². The Morgan fingerprint density at radius 3 is 3.16 bits per heavy atom. The van der Waals surface area contributed by atoms with Gasteiger partial charge in [0.05, 0.1) is 5.39 Å². The van der Waals surface area contributed by atoms with Gasteiger partial charge >= 0.3 is 5.97 Å². The van der Waals surface area contributed by atoms with Gasteiger partial charge in [-0.15, -0.1) is 11.8 Å². The van der Waals surface area contributed by atoms with Gasteiger partial charge in [0.2, 0.25) is 0 Å². The van der Waals surface area contributed by atoms with Crippen molar-refractivity contribution in [3.05, 3.63) is 29.2 Å². The molecule has 0 atom stereocenters. The molecule has 0 aromatic carbocycles. The van der Waals surface area contributed by atoms with Gasteiger partial charge in [0.25, 0.3) is 0 Å². The van der Waals surface area contributed by atoms with Gasteiger partial charge in [-0.1, -0.05) is 0 Å². The predicted molar refractivity (Wildman–Crippen MR) is 74.1 cm³/mol. The first-order chi connectivity index (χ1) is 9.16. The van der Waals surface area contributed by atoms with Crippen LogP contribution in [0, 0.1) is 6.92 Å². The van der Waals surface area contributed by atoms with Crippen LogP contribution in [0.1, 0.15) is 5.56 Å². The molecule has 2 N–H and O–H groups in total. The van der Waals surface area contributed by atoms with Gasteiger partial charge in [-0.05, 0) is 12.5 Å². The summed E-state index contributed by atoms with van der Waals surface area (Å²) in [6, 6.07) is 0. The third-order valence-electron chi connectivity index (χ3n) is 2.99. The van der Waals surface area contributed by atoms with Crippen molar-refractivity contribution in [1.29, 1.82) is 0 Å². The Morgan fingerprint density at radius 2 is 2.37 bits per heavy atom. The smallest absolute Gasteiger partial charge is 0.343 e. The molecule has 2 aromatic heterocycles. The number of hydrogen-bond acceptors (Lipinski definition) is 5. The molecule has 1 aliphatic heterocycles. The van der Waals surface area contributed by atoms with Crippen molar-refractivity contribution in [2.45, 2.75) is 6.92 Å². The molecule has 7 heteroatoms. The SMILES string of the molecule is Cc1c[nH]c2ncnc(N3C=C(C(=O)O)SCC3)c12. The Morgan fingerprint density at radius 1 is 1.53 bits per heavy atom. The first-order valence-electron chi connectivity index (χ1n) is 5.80. The topological polar surface area (TPSA) is 82.1 Å². The minimum absolute atomic E-state index is 0.339. The van der Waals surface area contributed by atoms with E-state index in [2.05, 4.69) is 15.0 Å². The Kier molecular flexibility index (Phi) is 2.90. The van der Waals surface area contributed by atoms with Crippen molar-refractivity contribution >= 4 is 34.6 Å². The van der Waals surface area contributed by atoms with Crippen LogP contribution in [0.4, 0.5) is 5.82 Å². The van der Waals surface area contributed by atoms with E-state index in [1.807, 2.05) is 18.0 Å². The second-order valence-corrected chi connectivity index (χ2v) is 5.37. The van der Waals surface area contributed by atoms with E-state index >= 15 is 0 Å². The number of thioether (sulfide) groups is 1. The number of rotatable bonds is 2. The highest BCUT2D eigenvalue weighted by molar-refractivity contribution is 8.04. The van der Waals surface area contributed by atoms with Gasteiger partial charge in [-0.3, -0.25) is 0 Å². The van der Waals surface area contributed by atoms with E-state index in [0.717, 1.165) is 34.7 Å². The van der Waals surface area contributed by atoms with Crippen LogP contribution in [0.15, 0.2) is 23.6 Å². The Balaban J connectivity index is 2.11. The Bertz CT molecular complexity index is 679. The molecule has 1 aliphatic rings. The largest absolute Gasteiger partial charge is 0.477 e. The lowest BCUT2D eigenvalue weighted by Gasteiger charge is -2.24. The molecule has 98 valence electrons. The molecule has 0 bridgehead atoms. The first kappa shape index (κ1) is 12.0. The number of H-pyrrole nitrogens is 1. The van der Waals surface area contributed by atoms with Crippen molar-refractivity contribution in [2.75, 3.05) is 17.2 Å². The number of carboxylic acids is 1. The number of nitrogens with zero attached hydrogens (tertiary/aromatic N) is 3. The molecule has 0 unspecified atom stereocenters. The highest BCUT2D eigenvalue weighted by Gasteiger charge is 2.20. The van der Waals surface area contributed by atoms with Crippen molar-refractivity contribution in [2.24, 2.45) is 0 Å². The van der Waals surface area contributed by atoms with Crippen LogP contribution < -0.4 is 4.90 Å². The molecule has 0 saturated heterocycles. The summed E-state index contributed by atoms with van der Waals surface area (Å²) in [5, 5.41) is 10.0. The Labute approximate surface area is 113 Å². The number of anilines is 1. The number of aromatic nitrogens is 3. The second kappa shape index (κ2) is 4.58. The minimum atomic E-state index is -0.897. The zero-order valence-corrected chi connectivity index (χ0v) is 11.1. The summed E-state index contributed by atoms with van der Waals surface area (Å²) in [4.78, 5) is 24.8.